The van der Waals surface area contributed by atoms with Gasteiger partial charge in [-0.15, -0.1) is 0 Å². The number of nitrogens with two attached hydrogens (primary N) is 1. The Balaban J connectivity index is 2.45. The van der Waals surface area contributed by atoms with E-state index in [0.717, 1.165) is 25.6 Å². The van der Waals surface area contributed by atoms with Crippen LogP contribution in [-0.4, -0.2) is 29.6 Å². The summed E-state index contributed by atoms with van der Waals surface area (Å²) in [5, 5.41) is 0. The van der Waals surface area contributed by atoms with E-state index >= 15 is 0 Å². The highest BCUT2D eigenvalue weighted by atomic mass is 15.2. The fraction of sp³-hybridized carbons (Fsp3) is 1.00. The van der Waals surface area contributed by atoms with Gasteiger partial charge < -0.3 is 5.73 Å². The van der Waals surface area contributed by atoms with Crippen molar-refractivity contribution >= 4 is 0 Å². The molecule has 0 heterocycles. The summed E-state index contributed by atoms with van der Waals surface area (Å²) in [6.45, 7) is 8.82. The maximum absolute atomic E-state index is 6.22. The zero-order chi connectivity index (χ0) is 10.6. The van der Waals surface area contributed by atoms with Gasteiger partial charge in [0.15, 0.2) is 0 Å². The zero-order valence-electron chi connectivity index (χ0n) is 10.1. The molecule has 14 heavy (non-hydrogen) atoms. The molecule has 2 heteroatoms. The average Bonchev–Trinajstić information content (AvgIpc) is 2.67. The van der Waals surface area contributed by atoms with E-state index in [9.17, 15) is 0 Å². The van der Waals surface area contributed by atoms with Crippen molar-refractivity contribution in [3.63, 3.8) is 0 Å². The molecule has 2 nitrogen and oxygen atoms in total. The molecule has 0 radical (unpaired) electrons. The van der Waals surface area contributed by atoms with Crippen molar-refractivity contribution in [2.45, 2.75) is 64.5 Å². The molecule has 2 N–H and O–H groups in total. The highest BCUT2D eigenvalue weighted by Crippen LogP contribution is 2.24. The van der Waals surface area contributed by atoms with Crippen LogP contribution in [0.15, 0.2) is 0 Å². The molecule has 1 aliphatic carbocycles. The normalized spacial score (nSPS) is 22.9. The Morgan fingerprint density at radius 2 is 1.86 bits per heavy atom. The van der Waals surface area contributed by atoms with Crippen molar-refractivity contribution in [3.05, 3.63) is 0 Å². The first kappa shape index (κ1) is 12.0. The van der Waals surface area contributed by atoms with Crippen molar-refractivity contribution in [1.29, 1.82) is 0 Å². The molecule has 1 atom stereocenters. The van der Waals surface area contributed by atoms with Gasteiger partial charge in [0.05, 0.1) is 0 Å². The first-order valence-electron chi connectivity index (χ1n) is 6.12. The second kappa shape index (κ2) is 5.13. The van der Waals surface area contributed by atoms with Crippen LogP contribution in [-0.2, 0) is 0 Å². The molecule has 1 unspecified atom stereocenters. The molecular formula is C12H26N2. The summed E-state index contributed by atoms with van der Waals surface area (Å²) in [6, 6.07) is 0.814. The molecule has 0 aromatic heterocycles. The predicted molar refractivity (Wildman–Crippen MR) is 62.4 cm³/mol. The second-order valence-corrected chi connectivity index (χ2v) is 5.01. The van der Waals surface area contributed by atoms with Crippen LogP contribution in [0, 0.1) is 0 Å². The molecular weight excluding hydrogens is 172 g/mol. The summed E-state index contributed by atoms with van der Waals surface area (Å²) >= 11 is 0. The van der Waals surface area contributed by atoms with Gasteiger partial charge in [-0.05, 0) is 32.7 Å². The van der Waals surface area contributed by atoms with Gasteiger partial charge in [0, 0.05) is 18.1 Å². The fourth-order valence-electron chi connectivity index (χ4n) is 2.34. The van der Waals surface area contributed by atoms with E-state index in [0.29, 0.717) is 0 Å². The molecule has 0 amide bonds. The van der Waals surface area contributed by atoms with E-state index in [1.165, 1.54) is 25.7 Å². The standard InChI is InChI=1S/C12H26N2/c1-4-12(3,13)10-14(5-2)11-8-6-7-9-11/h11H,4-10,13H2,1-3H3. The predicted octanol–water partition coefficient (Wildman–Crippen LogP) is 2.38. The lowest BCUT2D eigenvalue weighted by Gasteiger charge is -2.35. The first-order valence-corrected chi connectivity index (χ1v) is 6.12. The molecule has 1 saturated carbocycles. The lowest BCUT2D eigenvalue weighted by molar-refractivity contribution is 0.164. The molecule has 1 fully saturated rings. The van der Waals surface area contributed by atoms with E-state index in [-0.39, 0.29) is 5.54 Å². The molecule has 1 rings (SSSR count). The van der Waals surface area contributed by atoms with E-state index in [2.05, 4.69) is 25.7 Å². The highest BCUT2D eigenvalue weighted by molar-refractivity contribution is 4.85. The maximum atomic E-state index is 6.22. The summed E-state index contributed by atoms with van der Waals surface area (Å²) in [6.07, 6.45) is 6.65. The third-order valence-corrected chi connectivity index (χ3v) is 3.62. The van der Waals surface area contributed by atoms with Crippen LogP contribution in [0.2, 0.25) is 0 Å². The minimum atomic E-state index is -0.00139. The van der Waals surface area contributed by atoms with Crippen LogP contribution in [0.1, 0.15) is 52.9 Å². The SMILES string of the molecule is CCN(CC(C)(N)CC)C1CCCC1. The largest absolute Gasteiger partial charge is 0.324 e. The van der Waals surface area contributed by atoms with E-state index < -0.39 is 0 Å². The Morgan fingerprint density at radius 1 is 1.29 bits per heavy atom. The number of hydrogen-bond donors (Lipinski definition) is 1. The molecule has 0 aromatic carbocycles. The lowest BCUT2D eigenvalue weighted by atomic mass is 9.98. The minimum absolute atomic E-state index is 0.00139. The summed E-state index contributed by atoms with van der Waals surface area (Å²) in [5.41, 5.74) is 6.22. The Kier molecular flexibility index (Phi) is 4.39. The van der Waals surface area contributed by atoms with Gasteiger partial charge in [0.2, 0.25) is 0 Å². The topological polar surface area (TPSA) is 29.3 Å². The molecule has 0 bridgehead atoms. The van der Waals surface area contributed by atoms with Crippen LogP contribution in [0.3, 0.4) is 0 Å². The smallest absolute Gasteiger partial charge is 0.0252 e. The number of likely N-dealkylation sites (N-methyl/N-ethyl adjacent to an activating group) is 1. The van der Waals surface area contributed by atoms with Crippen LogP contribution >= 0.6 is 0 Å². The van der Waals surface area contributed by atoms with Crippen LogP contribution < -0.4 is 5.73 Å². The van der Waals surface area contributed by atoms with Gasteiger partial charge in [0.1, 0.15) is 0 Å². The van der Waals surface area contributed by atoms with Gasteiger partial charge in [-0.25, -0.2) is 0 Å². The quantitative estimate of drug-likeness (QED) is 0.735. The van der Waals surface area contributed by atoms with Crippen molar-refractivity contribution in [1.82, 2.24) is 4.90 Å². The summed E-state index contributed by atoms with van der Waals surface area (Å²) in [7, 11) is 0. The van der Waals surface area contributed by atoms with E-state index in [1.807, 2.05) is 0 Å². The Morgan fingerprint density at radius 3 is 2.29 bits per heavy atom. The first-order chi connectivity index (χ1) is 6.59. The number of nitrogens with zero attached hydrogens (tertiary/aromatic N) is 1. The minimum Gasteiger partial charge on any atom is -0.324 e. The number of rotatable bonds is 5. The van der Waals surface area contributed by atoms with Crippen molar-refractivity contribution in [2.75, 3.05) is 13.1 Å². The maximum Gasteiger partial charge on any atom is 0.0252 e. The highest BCUT2D eigenvalue weighted by Gasteiger charge is 2.26. The second-order valence-electron chi connectivity index (χ2n) is 5.01. The average molecular weight is 198 g/mol. The summed E-state index contributed by atoms with van der Waals surface area (Å²) in [4.78, 5) is 2.58. The van der Waals surface area contributed by atoms with E-state index in [1.54, 1.807) is 0 Å². The van der Waals surface area contributed by atoms with E-state index in [4.69, 9.17) is 5.73 Å². The Labute approximate surface area is 88.8 Å². The van der Waals surface area contributed by atoms with Gasteiger partial charge in [-0.1, -0.05) is 26.7 Å². The zero-order valence-corrected chi connectivity index (χ0v) is 10.1. The van der Waals surface area contributed by atoms with Gasteiger partial charge in [-0.3, -0.25) is 4.90 Å². The third kappa shape index (κ3) is 3.25. The molecule has 0 spiro atoms. The molecule has 0 aliphatic heterocycles. The third-order valence-electron chi connectivity index (χ3n) is 3.62. The molecule has 0 aromatic rings. The monoisotopic (exact) mass is 198 g/mol. The summed E-state index contributed by atoms with van der Waals surface area (Å²) < 4.78 is 0. The van der Waals surface area contributed by atoms with Crippen molar-refractivity contribution in [2.24, 2.45) is 5.73 Å². The lowest BCUT2D eigenvalue weighted by Crippen LogP contribution is -2.50. The van der Waals surface area contributed by atoms with Crippen molar-refractivity contribution < 1.29 is 0 Å². The number of hydrogen-bond acceptors (Lipinski definition) is 2. The van der Waals surface area contributed by atoms with Gasteiger partial charge in [-0.2, -0.15) is 0 Å². The molecule has 1 aliphatic rings. The molecule has 84 valence electrons. The molecule has 0 saturated heterocycles. The van der Waals surface area contributed by atoms with Crippen LogP contribution in [0.5, 0.6) is 0 Å². The van der Waals surface area contributed by atoms with Crippen LogP contribution in [0.25, 0.3) is 0 Å². The van der Waals surface area contributed by atoms with Crippen LogP contribution in [0.4, 0.5) is 0 Å². The summed E-state index contributed by atoms with van der Waals surface area (Å²) in [5.74, 6) is 0. The van der Waals surface area contributed by atoms with Gasteiger partial charge in [0.25, 0.3) is 0 Å². The van der Waals surface area contributed by atoms with Gasteiger partial charge >= 0.3 is 0 Å². The van der Waals surface area contributed by atoms with Crippen molar-refractivity contribution in [3.8, 4) is 0 Å². The Hall–Kier alpha value is -0.0800. The fourth-order valence-corrected chi connectivity index (χ4v) is 2.34. The Bertz CT molecular complexity index is 160.